The van der Waals surface area contributed by atoms with Crippen LogP contribution in [0, 0.1) is 0 Å². The Kier molecular flexibility index (Phi) is 3.63. The number of aliphatic hydroxyl groups is 1. The molecule has 0 aromatic heterocycles. The molecule has 0 bridgehead atoms. The monoisotopic (exact) mass is 271 g/mol. The highest BCUT2D eigenvalue weighted by atomic mass is 35.5. The molecule has 5 nitrogen and oxygen atoms in total. The van der Waals surface area contributed by atoms with Crippen LogP contribution in [0.2, 0.25) is 5.02 Å². The average molecular weight is 272 g/mol. The van der Waals surface area contributed by atoms with Crippen LogP contribution >= 0.6 is 11.6 Å². The summed E-state index contributed by atoms with van der Waals surface area (Å²) in [5, 5.41) is 9.61. The van der Waals surface area contributed by atoms with Crippen molar-refractivity contribution < 1.29 is 19.4 Å². The molecule has 1 aromatic carbocycles. The van der Waals surface area contributed by atoms with Crippen molar-refractivity contribution in [1.29, 1.82) is 0 Å². The Bertz CT molecular complexity index is 475. The summed E-state index contributed by atoms with van der Waals surface area (Å²) in [6.45, 7) is 1.98. The molecule has 0 saturated carbocycles. The van der Waals surface area contributed by atoms with Gasteiger partial charge < -0.3 is 19.5 Å². The first kappa shape index (κ1) is 13.0. The van der Waals surface area contributed by atoms with Crippen molar-refractivity contribution in [3.63, 3.8) is 0 Å². The van der Waals surface area contributed by atoms with Gasteiger partial charge in [0.25, 0.3) is 5.91 Å². The van der Waals surface area contributed by atoms with Crippen LogP contribution in [-0.2, 0) is 0 Å². The summed E-state index contributed by atoms with van der Waals surface area (Å²) in [5.74, 6) is 0.707. The number of benzene rings is 1. The van der Waals surface area contributed by atoms with Crippen LogP contribution in [0.5, 0.6) is 11.5 Å². The van der Waals surface area contributed by atoms with Crippen LogP contribution in [0.3, 0.4) is 0 Å². The predicted molar refractivity (Wildman–Crippen MR) is 66.2 cm³/mol. The van der Waals surface area contributed by atoms with Crippen molar-refractivity contribution in [3.05, 3.63) is 22.7 Å². The molecule has 0 fully saturated rings. The molecule has 1 atom stereocenters. The summed E-state index contributed by atoms with van der Waals surface area (Å²) >= 11 is 6.00. The zero-order valence-corrected chi connectivity index (χ0v) is 10.9. The van der Waals surface area contributed by atoms with Gasteiger partial charge in [-0.1, -0.05) is 11.6 Å². The number of rotatable bonds is 3. The average Bonchev–Trinajstić information content (AvgIpc) is 2.75. The quantitative estimate of drug-likeness (QED) is 0.906. The number of hydrogen-bond donors (Lipinski definition) is 1. The summed E-state index contributed by atoms with van der Waals surface area (Å²) in [6, 6.07) is 3.13. The van der Waals surface area contributed by atoms with E-state index in [1.165, 1.54) is 11.0 Å². The third-order valence-electron chi connectivity index (χ3n) is 2.56. The molecule has 1 aliphatic rings. The van der Waals surface area contributed by atoms with E-state index in [1.807, 2.05) is 0 Å². The minimum Gasteiger partial charge on any atom is -0.454 e. The standard InChI is InChI=1S/C12H14ClNO4/c1-7(15)5-14(2)12(16)8-3-9(13)11-10(4-8)17-6-18-11/h3-4,7,15H,5-6H2,1-2H3. The lowest BCUT2D eigenvalue weighted by Gasteiger charge is -2.19. The number of carbonyl (C=O) groups is 1. The van der Waals surface area contributed by atoms with Crippen LogP contribution in [0.15, 0.2) is 12.1 Å². The Morgan fingerprint density at radius 3 is 2.94 bits per heavy atom. The van der Waals surface area contributed by atoms with E-state index < -0.39 is 6.10 Å². The molecule has 1 N–H and O–H groups in total. The van der Waals surface area contributed by atoms with Crippen molar-refractivity contribution >= 4 is 17.5 Å². The van der Waals surface area contributed by atoms with Crippen molar-refractivity contribution in [2.45, 2.75) is 13.0 Å². The van der Waals surface area contributed by atoms with Gasteiger partial charge in [0.15, 0.2) is 11.5 Å². The Morgan fingerprint density at radius 1 is 1.56 bits per heavy atom. The van der Waals surface area contributed by atoms with Crippen LogP contribution in [0.4, 0.5) is 0 Å². The summed E-state index contributed by atoms with van der Waals surface area (Å²) in [6.07, 6.45) is -0.580. The summed E-state index contributed by atoms with van der Waals surface area (Å²) in [7, 11) is 1.62. The lowest BCUT2D eigenvalue weighted by Crippen LogP contribution is -2.33. The molecule has 0 radical (unpaired) electrons. The third-order valence-corrected chi connectivity index (χ3v) is 2.84. The molecule has 18 heavy (non-hydrogen) atoms. The van der Waals surface area contributed by atoms with Gasteiger partial charge in [-0.15, -0.1) is 0 Å². The highest BCUT2D eigenvalue weighted by molar-refractivity contribution is 6.32. The van der Waals surface area contributed by atoms with E-state index in [0.29, 0.717) is 22.1 Å². The Hall–Kier alpha value is -1.46. The molecule has 1 aromatic rings. The molecule has 1 heterocycles. The lowest BCUT2D eigenvalue weighted by atomic mass is 10.1. The maximum absolute atomic E-state index is 12.1. The molecule has 0 saturated heterocycles. The zero-order chi connectivity index (χ0) is 13.3. The normalized spacial score (nSPS) is 14.4. The van der Waals surface area contributed by atoms with Crippen LogP contribution in [0.1, 0.15) is 17.3 Å². The lowest BCUT2D eigenvalue weighted by molar-refractivity contribution is 0.0703. The van der Waals surface area contributed by atoms with Crippen molar-refractivity contribution in [2.24, 2.45) is 0 Å². The molecule has 0 spiro atoms. The molecule has 1 amide bonds. The van der Waals surface area contributed by atoms with Crippen LogP contribution in [-0.4, -0.2) is 42.4 Å². The van der Waals surface area contributed by atoms with Crippen LogP contribution in [0.25, 0.3) is 0 Å². The predicted octanol–water partition coefficient (Wildman–Crippen LogP) is 1.52. The van der Waals surface area contributed by atoms with Gasteiger partial charge >= 0.3 is 0 Å². The minimum atomic E-state index is -0.580. The van der Waals surface area contributed by atoms with E-state index in [9.17, 15) is 9.90 Å². The number of ether oxygens (including phenoxy) is 2. The van der Waals surface area contributed by atoms with E-state index in [0.717, 1.165) is 0 Å². The van der Waals surface area contributed by atoms with Gasteiger partial charge in [0.2, 0.25) is 6.79 Å². The van der Waals surface area contributed by atoms with E-state index in [-0.39, 0.29) is 19.2 Å². The van der Waals surface area contributed by atoms with Gasteiger partial charge in [0.1, 0.15) is 0 Å². The van der Waals surface area contributed by atoms with Gasteiger partial charge in [0.05, 0.1) is 11.1 Å². The fraction of sp³-hybridized carbons (Fsp3) is 0.417. The van der Waals surface area contributed by atoms with E-state index >= 15 is 0 Å². The second kappa shape index (κ2) is 5.04. The molecule has 0 aliphatic carbocycles. The van der Waals surface area contributed by atoms with Gasteiger partial charge in [-0.3, -0.25) is 4.79 Å². The molecule has 1 unspecified atom stereocenters. The smallest absolute Gasteiger partial charge is 0.253 e. The number of fused-ring (bicyclic) bond motifs is 1. The number of halogens is 1. The first-order chi connectivity index (χ1) is 8.49. The maximum atomic E-state index is 12.1. The van der Waals surface area contributed by atoms with Gasteiger partial charge in [0, 0.05) is 19.2 Å². The highest BCUT2D eigenvalue weighted by Gasteiger charge is 2.22. The summed E-state index contributed by atoms with van der Waals surface area (Å²) in [5.41, 5.74) is 0.410. The number of amides is 1. The van der Waals surface area contributed by atoms with Crippen LogP contribution < -0.4 is 9.47 Å². The fourth-order valence-electron chi connectivity index (χ4n) is 1.79. The first-order valence-corrected chi connectivity index (χ1v) is 5.89. The number of carbonyl (C=O) groups excluding carboxylic acids is 1. The molecule has 6 heteroatoms. The second-order valence-corrected chi connectivity index (χ2v) is 4.63. The molecule has 1 aliphatic heterocycles. The van der Waals surface area contributed by atoms with Gasteiger partial charge in [-0.25, -0.2) is 0 Å². The second-order valence-electron chi connectivity index (χ2n) is 4.23. The molecule has 98 valence electrons. The Balaban J connectivity index is 2.24. The minimum absolute atomic E-state index is 0.107. The van der Waals surface area contributed by atoms with Gasteiger partial charge in [-0.05, 0) is 19.1 Å². The maximum Gasteiger partial charge on any atom is 0.253 e. The topological polar surface area (TPSA) is 59.0 Å². The highest BCUT2D eigenvalue weighted by Crippen LogP contribution is 2.39. The number of nitrogens with zero attached hydrogens (tertiary/aromatic N) is 1. The Morgan fingerprint density at radius 2 is 2.28 bits per heavy atom. The molecular formula is C12H14ClNO4. The molecular weight excluding hydrogens is 258 g/mol. The third kappa shape index (κ3) is 2.52. The SMILES string of the molecule is CC(O)CN(C)C(=O)c1cc(Cl)c2c(c1)OCO2. The fourth-order valence-corrected chi connectivity index (χ4v) is 2.06. The van der Waals surface area contributed by atoms with Crippen molar-refractivity contribution in [3.8, 4) is 11.5 Å². The number of hydrogen-bond acceptors (Lipinski definition) is 4. The Labute approximate surface area is 110 Å². The number of likely N-dealkylation sites (N-methyl/N-ethyl adjacent to an activating group) is 1. The van der Waals surface area contributed by atoms with Crippen molar-refractivity contribution in [1.82, 2.24) is 4.90 Å². The van der Waals surface area contributed by atoms with Gasteiger partial charge in [-0.2, -0.15) is 0 Å². The summed E-state index contributed by atoms with van der Waals surface area (Å²) in [4.78, 5) is 13.5. The first-order valence-electron chi connectivity index (χ1n) is 5.51. The summed E-state index contributed by atoms with van der Waals surface area (Å²) < 4.78 is 10.4. The molecule has 2 rings (SSSR count). The number of aliphatic hydroxyl groups excluding tert-OH is 1. The van der Waals surface area contributed by atoms with E-state index in [2.05, 4.69) is 0 Å². The van der Waals surface area contributed by atoms with Crippen molar-refractivity contribution in [2.75, 3.05) is 20.4 Å². The largest absolute Gasteiger partial charge is 0.454 e. The van der Waals surface area contributed by atoms with E-state index in [4.69, 9.17) is 21.1 Å². The zero-order valence-electron chi connectivity index (χ0n) is 10.1. The van der Waals surface area contributed by atoms with E-state index in [1.54, 1.807) is 20.0 Å².